The minimum atomic E-state index is 0.156. The Labute approximate surface area is 80.7 Å². The zero-order valence-electron chi connectivity index (χ0n) is 8.92. The Morgan fingerprint density at radius 1 is 1.38 bits per heavy atom. The van der Waals surface area contributed by atoms with Gasteiger partial charge in [0, 0.05) is 18.9 Å². The maximum Gasteiger partial charge on any atom is 0.135 e. The van der Waals surface area contributed by atoms with Crippen LogP contribution in [-0.4, -0.2) is 42.5 Å². The summed E-state index contributed by atoms with van der Waals surface area (Å²) >= 11 is 0. The summed E-state index contributed by atoms with van der Waals surface area (Å²) in [4.78, 5) is 13.2. The Hall–Kier alpha value is -0.410. The van der Waals surface area contributed by atoms with Crippen molar-refractivity contribution in [2.75, 3.05) is 26.7 Å². The summed E-state index contributed by atoms with van der Waals surface area (Å²) < 4.78 is 0. The van der Waals surface area contributed by atoms with E-state index in [1.165, 1.54) is 0 Å². The Balaban J connectivity index is 3.39. The van der Waals surface area contributed by atoms with Gasteiger partial charge in [-0.1, -0.05) is 13.8 Å². The number of aliphatic hydroxyl groups excluding tert-OH is 1. The first-order chi connectivity index (χ1) is 6.07. The molecule has 3 nitrogen and oxygen atoms in total. The second-order valence-electron chi connectivity index (χ2n) is 3.75. The highest BCUT2D eigenvalue weighted by Crippen LogP contribution is 2.02. The molecule has 1 N–H and O–H groups in total. The van der Waals surface area contributed by atoms with E-state index < -0.39 is 0 Å². The van der Waals surface area contributed by atoms with Crippen LogP contribution in [0.25, 0.3) is 0 Å². The fourth-order valence-electron chi connectivity index (χ4n) is 1.09. The van der Waals surface area contributed by atoms with Crippen LogP contribution in [0.2, 0.25) is 0 Å². The van der Waals surface area contributed by atoms with Crippen molar-refractivity contribution in [3.8, 4) is 0 Å². The van der Waals surface area contributed by atoms with Crippen molar-refractivity contribution in [1.29, 1.82) is 0 Å². The molecule has 0 aromatic rings. The van der Waals surface area contributed by atoms with Crippen LogP contribution in [-0.2, 0) is 4.79 Å². The highest BCUT2D eigenvalue weighted by atomic mass is 16.3. The first-order valence-corrected chi connectivity index (χ1v) is 4.90. The lowest BCUT2D eigenvalue weighted by molar-refractivity contribution is -0.122. The van der Waals surface area contributed by atoms with E-state index in [0.29, 0.717) is 18.7 Å². The molecule has 0 radical (unpaired) electrons. The van der Waals surface area contributed by atoms with Gasteiger partial charge < -0.3 is 10.0 Å². The highest BCUT2D eigenvalue weighted by Gasteiger charge is 2.06. The molecule has 0 unspecified atom stereocenters. The van der Waals surface area contributed by atoms with Gasteiger partial charge in [-0.3, -0.25) is 4.79 Å². The normalized spacial score (nSPS) is 11.2. The van der Waals surface area contributed by atoms with E-state index >= 15 is 0 Å². The van der Waals surface area contributed by atoms with Crippen LogP contribution in [0.5, 0.6) is 0 Å². The molecule has 0 heterocycles. The van der Waals surface area contributed by atoms with Gasteiger partial charge in [-0.25, -0.2) is 0 Å². The highest BCUT2D eigenvalue weighted by molar-refractivity contribution is 5.80. The average molecular weight is 187 g/mol. The fourth-order valence-corrected chi connectivity index (χ4v) is 1.09. The number of ketones is 1. The average Bonchev–Trinajstić information content (AvgIpc) is 2.04. The molecule has 0 rings (SSSR count). The van der Waals surface area contributed by atoms with Crippen LogP contribution in [0.1, 0.15) is 26.7 Å². The van der Waals surface area contributed by atoms with E-state index in [1.807, 2.05) is 25.8 Å². The predicted octanol–water partition coefficient (Wildman–Crippen LogP) is 0.916. The van der Waals surface area contributed by atoms with Crippen molar-refractivity contribution >= 4 is 5.78 Å². The molecule has 0 aliphatic heterocycles. The van der Waals surface area contributed by atoms with Gasteiger partial charge in [0.05, 0.1) is 6.61 Å². The second kappa shape index (κ2) is 7.04. The van der Waals surface area contributed by atoms with Crippen molar-refractivity contribution in [3.63, 3.8) is 0 Å². The SMILES string of the molecule is CC(C)C(=O)CCCN(C)CCO. The minimum absolute atomic E-state index is 0.156. The van der Waals surface area contributed by atoms with E-state index in [2.05, 4.69) is 0 Å². The molecular formula is C10H21NO2. The van der Waals surface area contributed by atoms with Gasteiger partial charge in [0.2, 0.25) is 0 Å². The van der Waals surface area contributed by atoms with Crippen LogP contribution in [0, 0.1) is 5.92 Å². The van der Waals surface area contributed by atoms with Crippen molar-refractivity contribution in [2.45, 2.75) is 26.7 Å². The number of Topliss-reactive ketones (excluding diaryl/α,β-unsaturated/α-hetero) is 1. The van der Waals surface area contributed by atoms with E-state index in [9.17, 15) is 4.79 Å². The predicted molar refractivity (Wildman–Crippen MR) is 53.7 cm³/mol. The Kier molecular flexibility index (Phi) is 6.82. The van der Waals surface area contributed by atoms with E-state index in [-0.39, 0.29) is 12.5 Å². The van der Waals surface area contributed by atoms with Gasteiger partial charge in [0.1, 0.15) is 5.78 Å². The van der Waals surface area contributed by atoms with Crippen molar-refractivity contribution in [2.24, 2.45) is 5.92 Å². The fraction of sp³-hybridized carbons (Fsp3) is 0.900. The quantitative estimate of drug-likeness (QED) is 0.644. The molecule has 3 heteroatoms. The van der Waals surface area contributed by atoms with Gasteiger partial charge in [-0.2, -0.15) is 0 Å². The number of rotatable bonds is 7. The maximum absolute atomic E-state index is 11.2. The molecule has 78 valence electrons. The Morgan fingerprint density at radius 3 is 2.46 bits per heavy atom. The molecule has 0 spiro atoms. The summed E-state index contributed by atoms with van der Waals surface area (Å²) in [5, 5.41) is 8.62. The van der Waals surface area contributed by atoms with Crippen molar-refractivity contribution < 1.29 is 9.90 Å². The lowest BCUT2D eigenvalue weighted by Crippen LogP contribution is -2.24. The van der Waals surface area contributed by atoms with Gasteiger partial charge >= 0.3 is 0 Å². The number of likely N-dealkylation sites (N-methyl/N-ethyl adjacent to an activating group) is 1. The summed E-state index contributed by atoms with van der Waals surface area (Å²) in [6, 6.07) is 0. The van der Waals surface area contributed by atoms with Gasteiger partial charge in [0.25, 0.3) is 0 Å². The van der Waals surface area contributed by atoms with Gasteiger partial charge in [0.15, 0.2) is 0 Å². The number of hydrogen-bond donors (Lipinski definition) is 1. The Bertz CT molecular complexity index is 146. The minimum Gasteiger partial charge on any atom is -0.395 e. The maximum atomic E-state index is 11.2. The molecule has 0 aromatic heterocycles. The Morgan fingerprint density at radius 2 is 2.00 bits per heavy atom. The summed E-state index contributed by atoms with van der Waals surface area (Å²) in [6.45, 7) is 5.63. The van der Waals surface area contributed by atoms with Crippen LogP contribution in [0.15, 0.2) is 0 Å². The van der Waals surface area contributed by atoms with E-state index in [1.54, 1.807) is 0 Å². The molecule has 0 aliphatic carbocycles. The lowest BCUT2D eigenvalue weighted by atomic mass is 10.0. The molecule has 13 heavy (non-hydrogen) atoms. The van der Waals surface area contributed by atoms with Gasteiger partial charge in [-0.15, -0.1) is 0 Å². The number of hydrogen-bond acceptors (Lipinski definition) is 3. The molecule has 0 aliphatic rings. The summed E-state index contributed by atoms with van der Waals surface area (Å²) in [7, 11) is 1.95. The molecule has 0 amide bonds. The first-order valence-electron chi connectivity index (χ1n) is 4.90. The van der Waals surface area contributed by atoms with Crippen LogP contribution >= 0.6 is 0 Å². The van der Waals surface area contributed by atoms with Crippen LogP contribution < -0.4 is 0 Å². The topological polar surface area (TPSA) is 40.5 Å². The third-order valence-corrected chi connectivity index (χ3v) is 2.09. The summed E-state index contributed by atoms with van der Waals surface area (Å²) in [6.07, 6.45) is 1.56. The molecule has 0 bridgehead atoms. The zero-order valence-corrected chi connectivity index (χ0v) is 8.92. The van der Waals surface area contributed by atoms with E-state index in [4.69, 9.17) is 5.11 Å². The summed E-state index contributed by atoms with van der Waals surface area (Å²) in [5.41, 5.74) is 0. The van der Waals surface area contributed by atoms with Crippen molar-refractivity contribution in [1.82, 2.24) is 4.90 Å². The lowest BCUT2D eigenvalue weighted by Gasteiger charge is -2.14. The number of carbonyl (C=O) groups is 1. The molecule has 0 aromatic carbocycles. The van der Waals surface area contributed by atoms with Crippen molar-refractivity contribution in [3.05, 3.63) is 0 Å². The smallest absolute Gasteiger partial charge is 0.135 e. The standard InChI is InChI=1S/C10H21NO2/c1-9(2)10(13)5-4-6-11(3)7-8-12/h9,12H,4-8H2,1-3H3. The van der Waals surface area contributed by atoms with Crippen LogP contribution in [0.4, 0.5) is 0 Å². The van der Waals surface area contributed by atoms with Gasteiger partial charge in [-0.05, 0) is 20.0 Å². The largest absolute Gasteiger partial charge is 0.395 e. The third kappa shape index (κ3) is 6.72. The first kappa shape index (κ1) is 12.6. The summed E-state index contributed by atoms with van der Waals surface area (Å²) in [5.74, 6) is 0.487. The molecule has 0 saturated carbocycles. The molecule has 0 atom stereocenters. The number of carbonyl (C=O) groups excluding carboxylic acids is 1. The van der Waals surface area contributed by atoms with Crippen LogP contribution in [0.3, 0.4) is 0 Å². The molecule has 0 saturated heterocycles. The second-order valence-corrected chi connectivity index (χ2v) is 3.75. The number of aliphatic hydroxyl groups is 1. The zero-order chi connectivity index (χ0) is 10.3. The van der Waals surface area contributed by atoms with E-state index in [0.717, 1.165) is 13.0 Å². The molecular weight excluding hydrogens is 166 g/mol. The number of nitrogens with zero attached hydrogens (tertiary/aromatic N) is 1. The monoisotopic (exact) mass is 187 g/mol. The molecule has 0 fully saturated rings. The third-order valence-electron chi connectivity index (χ3n) is 2.09.